The zero-order valence-electron chi connectivity index (χ0n) is 12.9. The van der Waals surface area contributed by atoms with E-state index in [2.05, 4.69) is 26.3 Å². The number of nitrogens with one attached hydrogen (secondary N) is 2. The highest BCUT2D eigenvalue weighted by atomic mass is 127. The summed E-state index contributed by atoms with van der Waals surface area (Å²) in [6, 6.07) is 4.58. The predicted molar refractivity (Wildman–Crippen MR) is 96.7 cm³/mol. The first-order valence-electron chi connectivity index (χ1n) is 6.68. The third-order valence-corrected chi connectivity index (χ3v) is 2.59. The lowest BCUT2D eigenvalue weighted by atomic mass is 10.2. The number of benzene rings is 1. The van der Waals surface area contributed by atoms with E-state index in [1.807, 2.05) is 6.92 Å². The van der Waals surface area contributed by atoms with E-state index < -0.39 is 6.61 Å². The number of ether oxygens (including phenoxy) is 2. The van der Waals surface area contributed by atoms with Crippen molar-refractivity contribution in [3.8, 4) is 23.8 Å². The highest BCUT2D eigenvalue weighted by Gasteiger charge is 2.11. The van der Waals surface area contributed by atoms with Crippen molar-refractivity contribution in [2.45, 2.75) is 20.1 Å². The van der Waals surface area contributed by atoms with Crippen LogP contribution in [0.25, 0.3) is 0 Å². The fraction of sp³-hybridized carbons (Fsp3) is 0.400. The van der Waals surface area contributed by atoms with Crippen molar-refractivity contribution in [2.24, 2.45) is 4.99 Å². The van der Waals surface area contributed by atoms with Crippen LogP contribution < -0.4 is 20.1 Å². The van der Waals surface area contributed by atoms with Gasteiger partial charge in [-0.25, -0.2) is 4.99 Å². The molecule has 0 saturated carbocycles. The van der Waals surface area contributed by atoms with Gasteiger partial charge in [-0.1, -0.05) is 5.92 Å². The first kappa shape index (κ1) is 21.2. The number of methoxy groups -OCH3 is 1. The molecule has 0 fully saturated rings. The fourth-order valence-corrected chi connectivity index (χ4v) is 1.66. The Morgan fingerprint density at radius 2 is 2.13 bits per heavy atom. The van der Waals surface area contributed by atoms with Crippen LogP contribution in [0.2, 0.25) is 0 Å². The normalized spacial score (nSPS) is 10.5. The zero-order valence-corrected chi connectivity index (χ0v) is 15.3. The van der Waals surface area contributed by atoms with E-state index in [0.717, 1.165) is 0 Å². The summed E-state index contributed by atoms with van der Waals surface area (Å²) in [7, 11) is 1.49. The Bertz CT molecular complexity index is 548. The van der Waals surface area contributed by atoms with E-state index in [1.165, 1.54) is 13.2 Å². The summed E-state index contributed by atoms with van der Waals surface area (Å²) in [6.07, 6.45) is 5.18. The lowest BCUT2D eigenvalue weighted by Gasteiger charge is -2.12. The van der Waals surface area contributed by atoms with Gasteiger partial charge in [-0.15, -0.1) is 30.4 Å². The summed E-state index contributed by atoms with van der Waals surface area (Å²) >= 11 is 0. The van der Waals surface area contributed by atoms with Gasteiger partial charge >= 0.3 is 6.61 Å². The van der Waals surface area contributed by atoms with Gasteiger partial charge in [0.15, 0.2) is 5.96 Å². The molecular formula is C15H20F2IN3O2. The second kappa shape index (κ2) is 11.8. The average molecular weight is 439 g/mol. The molecule has 1 aromatic carbocycles. The SMILES string of the molecule is C#CCNC(=NCc1cc(OC)ccc1OC(F)F)NCC.I. The second-order valence-electron chi connectivity index (χ2n) is 4.10. The maximum absolute atomic E-state index is 12.4. The number of hydrogen-bond acceptors (Lipinski definition) is 3. The van der Waals surface area contributed by atoms with Gasteiger partial charge in [-0.05, 0) is 25.1 Å². The quantitative estimate of drug-likeness (QED) is 0.297. The van der Waals surface area contributed by atoms with E-state index >= 15 is 0 Å². The van der Waals surface area contributed by atoms with E-state index in [-0.39, 0.29) is 36.3 Å². The van der Waals surface area contributed by atoms with Gasteiger partial charge in [0.25, 0.3) is 0 Å². The molecule has 0 aliphatic heterocycles. The predicted octanol–water partition coefficient (Wildman–Crippen LogP) is 2.60. The molecule has 0 spiro atoms. The number of terminal acetylenes is 1. The Morgan fingerprint density at radius 3 is 2.70 bits per heavy atom. The molecule has 0 radical (unpaired) electrons. The minimum atomic E-state index is -2.90. The topological polar surface area (TPSA) is 54.9 Å². The Labute approximate surface area is 151 Å². The molecule has 0 aliphatic rings. The van der Waals surface area contributed by atoms with Gasteiger partial charge < -0.3 is 20.1 Å². The minimum absolute atomic E-state index is 0. The van der Waals surface area contributed by atoms with Crippen LogP contribution in [0.4, 0.5) is 8.78 Å². The van der Waals surface area contributed by atoms with Crippen molar-refractivity contribution in [1.82, 2.24) is 10.6 Å². The second-order valence-corrected chi connectivity index (χ2v) is 4.10. The van der Waals surface area contributed by atoms with E-state index in [1.54, 1.807) is 12.1 Å². The van der Waals surface area contributed by atoms with Crippen molar-refractivity contribution in [2.75, 3.05) is 20.2 Å². The van der Waals surface area contributed by atoms with Crippen LogP contribution in [0.1, 0.15) is 12.5 Å². The van der Waals surface area contributed by atoms with Crippen LogP contribution in [0, 0.1) is 12.3 Å². The molecule has 0 saturated heterocycles. The summed E-state index contributed by atoms with van der Waals surface area (Å²) in [5, 5.41) is 5.91. The molecule has 0 unspecified atom stereocenters. The molecule has 0 bridgehead atoms. The number of alkyl halides is 2. The van der Waals surface area contributed by atoms with Gasteiger partial charge in [0, 0.05) is 12.1 Å². The summed E-state index contributed by atoms with van der Waals surface area (Å²) < 4.78 is 34.4. The largest absolute Gasteiger partial charge is 0.497 e. The Balaban J connectivity index is 0.00000484. The number of rotatable bonds is 7. The van der Waals surface area contributed by atoms with E-state index in [0.29, 0.717) is 30.4 Å². The Morgan fingerprint density at radius 1 is 1.39 bits per heavy atom. The first-order valence-corrected chi connectivity index (χ1v) is 6.68. The van der Waals surface area contributed by atoms with Gasteiger partial charge in [-0.3, -0.25) is 0 Å². The molecule has 0 aromatic heterocycles. The molecule has 0 atom stereocenters. The summed E-state index contributed by atoms with van der Waals surface area (Å²) in [6.45, 7) is 0.103. The zero-order chi connectivity index (χ0) is 16.4. The summed E-state index contributed by atoms with van der Waals surface area (Å²) in [5.74, 6) is 3.52. The Kier molecular flexibility index (Phi) is 10.9. The monoisotopic (exact) mass is 439 g/mol. The smallest absolute Gasteiger partial charge is 0.387 e. The Hall–Kier alpha value is -1.76. The molecule has 8 heteroatoms. The molecule has 0 heterocycles. The van der Waals surface area contributed by atoms with Crippen LogP contribution in [-0.2, 0) is 6.54 Å². The van der Waals surface area contributed by atoms with Gasteiger partial charge in [-0.2, -0.15) is 8.78 Å². The number of hydrogen-bond donors (Lipinski definition) is 2. The summed E-state index contributed by atoms with van der Waals surface area (Å²) in [5.41, 5.74) is 0.484. The highest BCUT2D eigenvalue weighted by molar-refractivity contribution is 14.0. The van der Waals surface area contributed by atoms with Crippen molar-refractivity contribution in [3.05, 3.63) is 23.8 Å². The number of halogens is 3. The molecule has 0 aliphatic carbocycles. The third kappa shape index (κ3) is 7.88. The molecule has 23 heavy (non-hydrogen) atoms. The maximum Gasteiger partial charge on any atom is 0.387 e. The van der Waals surface area contributed by atoms with Crippen molar-refractivity contribution in [3.63, 3.8) is 0 Å². The molecular weight excluding hydrogens is 419 g/mol. The van der Waals surface area contributed by atoms with Crippen LogP contribution >= 0.6 is 24.0 Å². The van der Waals surface area contributed by atoms with Crippen molar-refractivity contribution in [1.29, 1.82) is 0 Å². The highest BCUT2D eigenvalue weighted by Crippen LogP contribution is 2.26. The fourth-order valence-electron chi connectivity index (χ4n) is 1.66. The van der Waals surface area contributed by atoms with Gasteiger partial charge in [0.05, 0.1) is 20.2 Å². The van der Waals surface area contributed by atoms with Crippen LogP contribution in [-0.4, -0.2) is 32.8 Å². The van der Waals surface area contributed by atoms with Crippen molar-refractivity contribution >= 4 is 29.9 Å². The standard InChI is InChI=1S/C15H19F2N3O2.HI/c1-4-8-19-15(18-5-2)20-10-11-9-12(21-3)6-7-13(11)22-14(16)17;/h1,6-7,9,14H,5,8,10H2,2-3H3,(H2,18,19,20);1H. The molecule has 2 N–H and O–H groups in total. The number of guanidine groups is 1. The molecule has 128 valence electrons. The lowest BCUT2D eigenvalue weighted by Crippen LogP contribution is -2.37. The van der Waals surface area contributed by atoms with E-state index in [9.17, 15) is 8.78 Å². The van der Waals surface area contributed by atoms with Gasteiger partial charge in [0.2, 0.25) is 0 Å². The molecule has 1 aromatic rings. The van der Waals surface area contributed by atoms with Crippen LogP contribution in [0.5, 0.6) is 11.5 Å². The first-order chi connectivity index (χ1) is 10.6. The minimum Gasteiger partial charge on any atom is -0.497 e. The number of aliphatic imine (C=N–C) groups is 1. The third-order valence-electron chi connectivity index (χ3n) is 2.59. The average Bonchev–Trinajstić information content (AvgIpc) is 2.50. The molecule has 0 amide bonds. The molecule has 1 rings (SSSR count). The van der Waals surface area contributed by atoms with Crippen molar-refractivity contribution < 1.29 is 18.3 Å². The summed E-state index contributed by atoms with van der Waals surface area (Å²) in [4.78, 5) is 4.28. The van der Waals surface area contributed by atoms with E-state index in [4.69, 9.17) is 11.2 Å². The van der Waals surface area contributed by atoms with Crippen LogP contribution in [0.15, 0.2) is 23.2 Å². The maximum atomic E-state index is 12.4. The van der Waals surface area contributed by atoms with Crippen LogP contribution in [0.3, 0.4) is 0 Å². The van der Waals surface area contributed by atoms with Gasteiger partial charge in [0.1, 0.15) is 11.5 Å². The lowest BCUT2D eigenvalue weighted by molar-refractivity contribution is -0.0504. The molecule has 5 nitrogen and oxygen atoms in total. The number of nitrogens with zero attached hydrogens (tertiary/aromatic N) is 1.